The second-order valence-electron chi connectivity index (χ2n) is 8.68. The molecule has 0 spiro atoms. The van der Waals surface area contributed by atoms with E-state index in [9.17, 15) is 30.4 Å². The molecule has 3 aromatic heterocycles. The van der Waals surface area contributed by atoms with E-state index in [-0.39, 0.29) is 21.5 Å². The minimum atomic E-state index is -4.48. The van der Waals surface area contributed by atoms with E-state index in [1.54, 1.807) is 0 Å². The summed E-state index contributed by atoms with van der Waals surface area (Å²) >= 11 is 0. The van der Waals surface area contributed by atoms with Gasteiger partial charge in [0, 0.05) is 53.1 Å². The summed E-state index contributed by atoms with van der Waals surface area (Å²) in [5.41, 5.74) is -1.01. The number of fused-ring (bicyclic) bond motifs is 1. The Hall–Kier alpha value is -4.56. The highest BCUT2D eigenvalue weighted by molar-refractivity contribution is 7.92. The number of anilines is 1. The van der Waals surface area contributed by atoms with Gasteiger partial charge in [-0.1, -0.05) is 6.07 Å². The van der Waals surface area contributed by atoms with Crippen molar-refractivity contribution < 1.29 is 34.8 Å². The van der Waals surface area contributed by atoms with Crippen LogP contribution in [0.5, 0.6) is 0 Å². The molecule has 204 valence electrons. The lowest BCUT2D eigenvalue weighted by atomic mass is 10.00. The van der Waals surface area contributed by atoms with Crippen LogP contribution in [0.15, 0.2) is 83.1 Å². The number of rotatable bonds is 7. The van der Waals surface area contributed by atoms with Crippen LogP contribution in [-0.4, -0.2) is 43.8 Å². The van der Waals surface area contributed by atoms with Gasteiger partial charge >= 0.3 is 0 Å². The van der Waals surface area contributed by atoms with Crippen LogP contribution in [0, 0.1) is 17.5 Å². The minimum absolute atomic E-state index is 0.0443. The fourth-order valence-corrected chi connectivity index (χ4v) is 5.62. The van der Waals surface area contributed by atoms with E-state index in [2.05, 4.69) is 15.0 Å². The first-order chi connectivity index (χ1) is 18.8. The summed E-state index contributed by atoms with van der Waals surface area (Å²) in [7, 11) is -8.04. The third-order valence-electron chi connectivity index (χ3n) is 5.92. The monoisotopic (exact) mass is 586 g/mol. The molecule has 0 aliphatic heterocycles. The first-order valence-electron chi connectivity index (χ1n) is 11.3. The van der Waals surface area contributed by atoms with Crippen LogP contribution < -0.4 is 4.72 Å². The summed E-state index contributed by atoms with van der Waals surface area (Å²) in [6, 6.07) is 8.33. The zero-order chi connectivity index (χ0) is 28.8. The third-order valence-corrected chi connectivity index (χ3v) is 8.36. The number of carbonyl (C=O) groups is 1. The molecular weight excluding hydrogens is 569 g/mol. The number of halogens is 3. The van der Waals surface area contributed by atoms with Gasteiger partial charge in [-0.05, 0) is 42.5 Å². The number of nitrogens with zero attached hydrogens (tertiary/aromatic N) is 2. The third kappa shape index (κ3) is 5.05. The molecule has 9 nitrogen and oxygen atoms in total. The Morgan fingerprint density at radius 3 is 2.38 bits per heavy atom. The Morgan fingerprint density at radius 2 is 1.65 bits per heavy atom. The van der Waals surface area contributed by atoms with Crippen LogP contribution in [0.1, 0.15) is 15.9 Å². The summed E-state index contributed by atoms with van der Waals surface area (Å²) in [6.07, 6.45) is 6.18. The lowest BCUT2D eigenvalue weighted by Gasteiger charge is -2.12. The molecule has 2 N–H and O–H groups in total. The van der Waals surface area contributed by atoms with Crippen molar-refractivity contribution in [1.82, 2.24) is 15.0 Å². The Balaban J connectivity index is 1.55. The summed E-state index contributed by atoms with van der Waals surface area (Å²) in [4.78, 5) is 23.7. The predicted molar refractivity (Wildman–Crippen MR) is 139 cm³/mol. The molecule has 0 radical (unpaired) electrons. The topological polar surface area (TPSA) is 139 Å². The van der Waals surface area contributed by atoms with Crippen molar-refractivity contribution >= 4 is 42.4 Å². The Kier molecular flexibility index (Phi) is 6.67. The second-order valence-corrected chi connectivity index (χ2v) is 12.4. The average molecular weight is 587 g/mol. The molecule has 0 bridgehead atoms. The standard InChI is InChI=1S/C26H17F3N4O5S2/c1-39(35,36)18-7-14(10-30-12-18)15-8-19-20(13-32-26(19)31-11-15)25(34)23-21(28)5-6-22(24(23)29)33-40(37,38)17-4-2-3-16(27)9-17/h2-13,33H,1H3,(H,31,32). The van der Waals surface area contributed by atoms with Gasteiger partial charge in [-0.3, -0.25) is 14.5 Å². The number of sulfone groups is 1. The number of sulfonamides is 1. The van der Waals surface area contributed by atoms with Gasteiger partial charge < -0.3 is 4.98 Å². The fraction of sp³-hybridized carbons (Fsp3) is 0.0385. The Bertz CT molecular complexity index is 2050. The number of aromatic nitrogens is 3. The largest absolute Gasteiger partial charge is 0.345 e. The lowest BCUT2D eigenvalue weighted by molar-refractivity contribution is 0.103. The predicted octanol–water partition coefficient (Wildman–Crippen LogP) is 4.48. The molecular formula is C26H17F3N4O5S2. The maximum absolute atomic E-state index is 15.4. The number of ketones is 1. The molecule has 0 saturated heterocycles. The fourth-order valence-electron chi connectivity index (χ4n) is 3.94. The van der Waals surface area contributed by atoms with Crippen LogP contribution in [0.4, 0.5) is 18.9 Å². The van der Waals surface area contributed by atoms with Crippen molar-refractivity contribution in [2.45, 2.75) is 9.79 Å². The van der Waals surface area contributed by atoms with Crippen LogP contribution in [-0.2, 0) is 19.9 Å². The number of hydrogen-bond acceptors (Lipinski definition) is 7. The van der Waals surface area contributed by atoms with E-state index in [0.717, 1.165) is 36.6 Å². The highest BCUT2D eigenvalue weighted by atomic mass is 32.2. The summed E-state index contributed by atoms with van der Waals surface area (Å²) in [6.45, 7) is 0. The zero-order valence-corrected chi connectivity index (χ0v) is 21.9. The van der Waals surface area contributed by atoms with Gasteiger partial charge in [-0.15, -0.1) is 0 Å². The number of carbonyl (C=O) groups excluding carboxylic acids is 1. The lowest BCUT2D eigenvalue weighted by Crippen LogP contribution is -2.16. The van der Waals surface area contributed by atoms with Crippen molar-refractivity contribution in [2.75, 3.05) is 11.0 Å². The van der Waals surface area contributed by atoms with Crippen molar-refractivity contribution in [2.24, 2.45) is 0 Å². The highest BCUT2D eigenvalue weighted by Gasteiger charge is 2.27. The molecule has 0 unspecified atom stereocenters. The van der Waals surface area contributed by atoms with E-state index in [4.69, 9.17) is 0 Å². The highest BCUT2D eigenvalue weighted by Crippen LogP contribution is 2.30. The Morgan fingerprint density at radius 1 is 0.900 bits per heavy atom. The summed E-state index contributed by atoms with van der Waals surface area (Å²) in [5, 5.41) is 0.164. The normalized spacial score (nSPS) is 12.0. The maximum Gasteiger partial charge on any atom is 0.262 e. The van der Waals surface area contributed by atoms with Gasteiger partial charge in [0.2, 0.25) is 5.78 Å². The number of pyridine rings is 2. The molecule has 0 aliphatic rings. The van der Waals surface area contributed by atoms with Crippen LogP contribution in [0.2, 0.25) is 0 Å². The smallest absolute Gasteiger partial charge is 0.262 e. The van der Waals surface area contributed by atoms with Gasteiger partial charge in [0.25, 0.3) is 10.0 Å². The van der Waals surface area contributed by atoms with Gasteiger partial charge in [-0.2, -0.15) is 0 Å². The molecule has 2 aromatic carbocycles. The molecule has 14 heteroatoms. The molecule has 40 heavy (non-hydrogen) atoms. The van der Waals surface area contributed by atoms with E-state index in [1.807, 2.05) is 4.72 Å². The maximum atomic E-state index is 15.4. The second kappa shape index (κ2) is 9.88. The van der Waals surface area contributed by atoms with Gasteiger partial charge in [0.15, 0.2) is 15.7 Å². The van der Waals surface area contributed by atoms with Gasteiger partial charge in [-0.25, -0.2) is 35.0 Å². The minimum Gasteiger partial charge on any atom is -0.345 e. The van der Waals surface area contributed by atoms with Crippen molar-refractivity contribution in [1.29, 1.82) is 0 Å². The summed E-state index contributed by atoms with van der Waals surface area (Å²) < 4.78 is 94.9. The number of aromatic amines is 1. The SMILES string of the molecule is CS(=O)(=O)c1cncc(-c2cnc3[nH]cc(C(=O)c4c(F)ccc(NS(=O)(=O)c5cccc(F)c5)c4F)c3c2)c1. The molecule has 0 atom stereocenters. The van der Waals surface area contributed by atoms with Gasteiger partial charge in [0.05, 0.1) is 21.0 Å². The number of hydrogen-bond donors (Lipinski definition) is 2. The molecule has 0 saturated carbocycles. The van der Waals surface area contributed by atoms with Crippen molar-refractivity contribution in [3.05, 3.63) is 102 Å². The van der Waals surface area contributed by atoms with Crippen LogP contribution >= 0.6 is 0 Å². The number of benzene rings is 2. The zero-order valence-electron chi connectivity index (χ0n) is 20.3. The summed E-state index contributed by atoms with van der Waals surface area (Å²) in [5.74, 6) is -4.69. The Labute approximate surface area is 225 Å². The van der Waals surface area contributed by atoms with E-state index in [0.29, 0.717) is 17.2 Å². The first-order valence-corrected chi connectivity index (χ1v) is 14.7. The average Bonchev–Trinajstić information content (AvgIpc) is 3.33. The first kappa shape index (κ1) is 27.0. The molecule has 5 aromatic rings. The van der Waals surface area contributed by atoms with Crippen molar-refractivity contribution in [3.8, 4) is 11.1 Å². The van der Waals surface area contributed by atoms with Crippen LogP contribution in [0.25, 0.3) is 22.2 Å². The van der Waals surface area contributed by atoms with Crippen molar-refractivity contribution in [3.63, 3.8) is 0 Å². The molecule has 0 aliphatic carbocycles. The molecule has 0 amide bonds. The van der Waals surface area contributed by atoms with Crippen LogP contribution in [0.3, 0.4) is 0 Å². The molecule has 3 heterocycles. The van der Waals surface area contributed by atoms with E-state index < -0.39 is 59.2 Å². The molecule has 0 fully saturated rings. The van der Waals surface area contributed by atoms with Gasteiger partial charge in [0.1, 0.15) is 17.3 Å². The number of nitrogens with one attached hydrogen (secondary N) is 2. The number of H-pyrrole nitrogens is 1. The quantitative estimate of drug-likeness (QED) is 0.268. The van der Waals surface area contributed by atoms with E-state index in [1.165, 1.54) is 36.9 Å². The van der Waals surface area contributed by atoms with E-state index >= 15 is 4.39 Å². The molecule has 5 rings (SSSR count).